The van der Waals surface area contributed by atoms with E-state index in [1.165, 1.54) is 11.3 Å². The largest absolute Gasteiger partial charge is 0.507 e. The third kappa shape index (κ3) is 3.87. The number of nitrogens with zero attached hydrogens (tertiary/aromatic N) is 2. The van der Waals surface area contributed by atoms with E-state index in [1.807, 2.05) is 49.6 Å². The molecule has 0 unspecified atom stereocenters. The first-order chi connectivity index (χ1) is 16.5. The number of rotatable bonds is 5. The van der Waals surface area contributed by atoms with Crippen LogP contribution in [0.25, 0.3) is 21.5 Å². The zero-order chi connectivity index (χ0) is 23.8. The highest BCUT2D eigenvalue weighted by Crippen LogP contribution is 2.43. The van der Waals surface area contributed by atoms with E-state index in [-0.39, 0.29) is 28.7 Å². The lowest BCUT2D eigenvalue weighted by Gasteiger charge is -2.35. The van der Waals surface area contributed by atoms with Gasteiger partial charge in [0, 0.05) is 24.2 Å². The van der Waals surface area contributed by atoms with Crippen molar-refractivity contribution in [1.82, 2.24) is 9.88 Å². The summed E-state index contributed by atoms with van der Waals surface area (Å²) in [6, 6.07) is 11.4. The van der Waals surface area contributed by atoms with Gasteiger partial charge in [0.15, 0.2) is 0 Å². The van der Waals surface area contributed by atoms with Crippen LogP contribution in [0.4, 0.5) is 5.88 Å². The summed E-state index contributed by atoms with van der Waals surface area (Å²) in [6.07, 6.45) is 0.564. The molecular weight excluding hydrogens is 450 g/mol. The molecule has 5 rings (SSSR count). The standard InChI is InChI=1S/C26H27N3O4S/c1-3-16-13-18-23(31)20(26-28-15(2)14-34-26)25(27)33-24(18)19(22(16)30)21(17-7-5-4-6-8-17)29-9-11-32-12-10-29/h4-8,13-14,21,30H,3,9-12,27H2,1-2H3/t21-/m1/s1. The van der Waals surface area contributed by atoms with Gasteiger partial charge in [-0.2, -0.15) is 0 Å². The lowest BCUT2D eigenvalue weighted by Crippen LogP contribution is -2.39. The first-order valence-electron chi connectivity index (χ1n) is 11.4. The Morgan fingerprint density at radius 2 is 1.97 bits per heavy atom. The van der Waals surface area contributed by atoms with Gasteiger partial charge in [0.2, 0.25) is 11.3 Å². The number of benzene rings is 2. The van der Waals surface area contributed by atoms with Gasteiger partial charge in [-0.1, -0.05) is 37.3 Å². The number of phenols is 1. The van der Waals surface area contributed by atoms with E-state index in [0.29, 0.717) is 59.8 Å². The van der Waals surface area contributed by atoms with E-state index in [9.17, 15) is 9.90 Å². The van der Waals surface area contributed by atoms with Gasteiger partial charge in [0.1, 0.15) is 21.9 Å². The maximum atomic E-state index is 13.7. The second-order valence-corrected chi connectivity index (χ2v) is 9.31. The van der Waals surface area contributed by atoms with Gasteiger partial charge in [-0.15, -0.1) is 11.3 Å². The molecule has 2 aromatic heterocycles. The Kier molecular flexibility index (Phi) is 6.12. The summed E-state index contributed by atoms with van der Waals surface area (Å²) >= 11 is 1.36. The van der Waals surface area contributed by atoms with E-state index in [4.69, 9.17) is 14.9 Å². The van der Waals surface area contributed by atoms with Crippen molar-refractivity contribution in [3.8, 4) is 16.3 Å². The van der Waals surface area contributed by atoms with Crippen molar-refractivity contribution in [3.63, 3.8) is 0 Å². The van der Waals surface area contributed by atoms with Gasteiger partial charge in [0.25, 0.3) is 0 Å². The van der Waals surface area contributed by atoms with Crippen LogP contribution in [-0.2, 0) is 11.2 Å². The molecule has 0 amide bonds. The molecule has 0 bridgehead atoms. The van der Waals surface area contributed by atoms with Gasteiger partial charge in [-0.25, -0.2) is 4.98 Å². The molecule has 176 valence electrons. The summed E-state index contributed by atoms with van der Waals surface area (Å²) < 4.78 is 11.8. The van der Waals surface area contributed by atoms with Gasteiger partial charge >= 0.3 is 0 Å². The minimum atomic E-state index is -0.324. The van der Waals surface area contributed by atoms with Crippen LogP contribution in [0.15, 0.2) is 51.0 Å². The molecule has 1 fully saturated rings. The molecule has 8 heteroatoms. The highest BCUT2D eigenvalue weighted by atomic mass is 32.1. The number of aryl methyl sites for hydroxylation is 2. The van der Waals surface area contributed by atoms with Crippen LogP contribution in [0.5, 0.6) is 5.75 Å². The van der Waals surface area contributed by atoms with E-state index < -0.39 is 0 Å². The molecule has 0 radical (unpaired) electrons. The molecule has 0 saturated carbocycles. The smallest absolute Gasteiger partial charge is 0.205 e. The van der Waals surface area contributed by atoms with Crippen LogP contribution in [-0.4, -0.2) is 41.3 Å². The monoisotopic (exact) mass is 477 g/mol. The Labute approximate surface area is 201 Å². The summed E-state index contributed by atoms with van der Waals surface area (Å²) in [5.41, 5.74) is 9.73. The molecule has 0 spiro atoms. The summed E-state index contributed by atoms with van der Waals surface area (Å²) in [4.78, 5) is 20.4. The number of aromatic hydroxyl groups is 1. The number of nitrogen functional groups attached to an aromatic ring is 1. The van der Waals surface area contributed by atoms with Gasteiger partial charge in [-0.05, 0) is 30.5 Å². The Bertz CT molecular complexity index is 1390. The van der Waals surface area contributed by atoms with Crippen LogP contribution in [0, 0.1) is 6.92 Å². The highest BCUT2D eigenvalue weighted by Gasteiger charge is 2.32. The third-order valence-electron chi connectivity index (χ3n) is 6.31. The number of hydrogen-bond donors (Lipinski definition) is 2. The highest BCUT2D eigenvalue weighted by molar-refractivity contribution is 7.13. The van der Waals surface area contributed by atoms with Crippen molar-refractivity contribution in [3.05, 3.63) is 74.4 Å². The van der Waals surface area contributed by atoms with Crippen molar-refractivity contribution in [2.45, 2.75) is 26.3 Å². The Balaban J connectivity index is 1.83. The van der Waals surface area contributed by atoms with Gasteiger partial charge in [-0.3, -0.25) is 9.69 Å². The first-order valence-corrected chi connectivity index (χ1v) is 12.3. The van der Waals surface area contributed by atoms with Crippen LogP contribution < -0.4 is 11.2 Å². The Morgan fingerprint density at radius 3 is 2.62 bits per heavy atom. The fraction of sp³-hybridized carbons (Fsp3) is 0.308. The molecule has 3 heterocycles. The number of aromatic nitrogens is 1. The minimum absolute atomic E-state index is 0.00513. The molecule has 1 aliphatic rings. The number of hydrogen-bond acceptors (Lipinski definition) is 8. The van der Waals surface area contributed by atoms with Crippen LogP contribution in [0.3, 0.4) is 0 Å². The number of nitrogens with two attached hydrogens (primary N) is 1. The normalized spacial score (nSPS) is 15.6. The zero-order valence-electron chi connectivity index (χ0n) is 19.2. The average Bonchev–Trinajstić information content (AvgIpc) is 3.27. The van der Waals surface area contributed by atoms with Crippen LogP contribution in [0.2, 0.25) is 0 Å². The second-order valence-electron chi connectivity index (χ2n) is 8.45. The number of fused-ring (bicyclic) bond motifs is 1. The predicted octanol–water partition coefficient (Wildman–Crippen LogP) is 4.50. The van der Waals surface area contributed by atoms with E-state index in [1.54, 1.807) is 6.07 Å². The molecule has 7 nitrogen and oxygen atoms in total. The van der Waals surface area contributed by atoms with Gasteiger partial charge in [0.05, 0.1) is 30.2 Å². The topological polar surface area (TPSA) is 102 Å². The molecule has 3 N–H and O–H groups in total. The second kappa shape index (κ2) is 9.21. The molecule has 34 heavy (non-hydrogen) atoms. The maximum absolute atomic E-state index is 13.7. The number of phenolic OH excluding ortho intramolecular Hbond substituents is 1. The van der Waals surface area contributed by atoms with Crippen molar-refractivity contribution < 1.29 is 14.3 Å². The number of ether oxygens (including phenoxy) is 1. The number of thiazole rings is 1. The SMILES string of the molecule is CCc1cc2c(=O)c(-c3nc(C)cs3)c(N)oc2c([C@@H](c2ccccc2)N2CCOCC2)c1O. The lowest BCUT2D eigenvalue weighted by molar-refractivity contribution is 0.0236. The van der Waals surface area contributed by atoms with Gasteiger partial charge < -0.3 is 20.0 Å². The average molecular weight is 478 g/mol. The molecular formula is C26H27N3O4S. The van der Waals surface area contributed by atoms with E-state index >= 15 is 0 Å². The summed E-state index contributed by atoms with van der Waals surface area (Å²) in [5, 5.41) is 14.3. The quantitative estimate of drug-likeness (QED) is 0.436. The maximum Gasteiger partial charge on any atom is 0.205 e. The number of morpholine rings is 1. The molecule has 0 aliphatic carbocycles. The lowest BCUT2D eigenvalue weighted by atomic mass is 9.91. The summed E-state index contributed by atoms with van der Waals surface area (Å²) in [6.45, 7) is 6.39. The molecule has 1 saturated heterocycles. The Morgan fingerprint density at radius 1 is 1.24 bits per heavy atom. The molecule has 4 aromatic rings. The van der Waals surface area contributed by atoms with Crippen molar-refractivity contribution >= 4 is 28.2 Å². The zero-order valence-corrected chi connectivity index (χ0v) is 20.0. The van der Waals surface area contributed by atoms with E-state index in [0.717, 1.165) is 11.3 Å². The van der Waals surface area contributed by atoms with Crippen molar-refractivity contribution in [1.29, 1.82) is 0 Å². The fourth-order valence-corrected chi connectivity index (χ4v) is 5.49. The minimum Gasteiger partial charge on any atom is -0.507 e. The summed E-state index contributed by atoms with van der Waals surface area (Å²) in [7, 11) is 0. The number of anilines is 1. The van der Waals surface area contributed by atoms with Crippen molar-refractivity contribution in [2.24, 2.45) is 0 Å². The summed E-state index contributed by atoms with van der Waals surface area (Å²) in [5.74, 6) is 0.140. The van der Waals surface area contributed by atoms with Crippen LogP contribution in [0.1, 0.15) is 35.3 Å². The van der Waals surface area contributed by atoms with Crippen molar-refractivity contribution in [2.75, 3.05) is 32.0 Å². The molecule has 2 aromatic carbocycles. The first kappa shape index (κ1) is 22.6. The third-order valence-corrected chi connectivity index (χ3v) is 7.29. The predicted molar refractivity (Wildman–Crippen MR) is 134 cm³/mol. The van der Waals surface area contributed by atoms with E-state index in [2.05, 4.69) is 9.88 Å². The Hall–Kier alpha value is -3.20. The molecule has 1 atom stereocenters. The van der Waals surface area contributed by atoms with Crippen LogP contribution >= 0.6 is 11.3 Å². The molecule has 1 aliphatic heterocycles. The fourth-order valence-electron chi connectivity index (χ4n) is 4.65.